The third kappa shape index (κ3) is 2.38. The molecule has 5 heteroatoms. The zero-order chi connectivity index (χ0) is 11.3. The molecule has 0 bridgehead atoms. The van der Waals surface area contributed by atoms with Gasteiger partial charge in [0.05, 0.1) is 26.9 Å². The van der Waals surface area contributed by atoms with Gasteiger partial charge in [0.15, 0.2) is 11.5 Å². The molecular weight excluding hydrogens is 198 g/mol. The number of carbonyl (C=O) groups is 1. The number of methoxy groups -OCH3 is 2. The molecule has 15 heavy (non-hydrogen) atoms. The van der Waals surface area contributed by atoms with Crippen molar-refractivity contribution >= 4 is 5.91 Å². The minimum atomic E-state index is -0.381. The monoisotopic (exact) mass is 211 g/mol. The van der Waals surface area contributed by atoms with Gasteiger partial charge < -0.3 is 9.47 Å². The molecule has 0 heterocycles. The molecule has 0 radical (unpaired) electrons. The summed E-state index contributed by atoms with van der Waals surface area (Å²) in [6.07, 6.45) is 0. The quantitative estimate of drug-likeness (QED) is 0.755. The summed E-state index contributed by atoms with van der Waals surface area (Å²) in [5.74, 6) is 0.504. The van der Waals surface area contributed by atoms with Crippen LogP contribution in [0.5, 0.6) is 11.5 Å². The number of ether oxygens (including phenoxy) is 2. The van der Waals surface area contributed by atoms with Gasteiger partial charge in [0.2, 0.25) is 0 Å². The molecule has 1 N–H and O–H groups in total. The van der Waals surface area contributed by atoms with Crippen LogP contribution in [0.15, 0.2) is 18.2 Å². The minimum Gasteiger partial charge on any atom is -0.493 e. The highest BCUT2D eigenvalue weighted by molar-refractivity contribution is 5.97. The van der Waals surface area contributed by atoms with Gasteiger partial charge in [-0.15, -0.1) is 0 Å². The summed E-state index contributed by atoms with van der Waals surface area (Å²) in [4.78, 5) is 16.1. The summed E-state index contributed by atoms with van der Waals surface area (Å²) >= 11 is 0. The van der Waals surface area contributed by atoms with Crippen LogP contribution in [0.2, 0.25) is 0 Å². The first-order valence-corrected chi connectivity index (χ1v) is 4.29. The van der Waals surface area contributed by atoms with Crippen LogP contribution in [0.1, 0.15) is 10.4 Å². The Bertz CT molecular complexity index is 351. The average Bonchev–Trinajstić information content (AvgIpc) is 2.28. The van der Waals surface area contributed by atoms with Gasteiger partial charge in [0, 0.05) is 0 Å². The van der Waals surface area contributed by atoms with E-state index in [1.165, 1.54) is 21.3 Å². The van der Waals surface area contributed by atoms with Crippen molar-refractivity contribution in [3.05, 3.63) is 23.8 Å². The van der Waals surface area contributed by atoms with E-state index >= 15 is 0 Å². The van der Waals surface area contributed by atoms with Crippen molar-refractivity contribution in [1.82, 2.24) is 5.48 Å². The second kappa shape index (κ2) is 5.21. The summed E-state index contributed by atoms with van der Waals surface area (Å²) in [7, 11) is 4.35. The normalized spacial score (nSPS) is 9.53. The fraction of sp³-hybridized carbons (Fsp3) is 0.300. The minimum absolute atomic E-state index is 0.360. The molecule has 0 spiro atoms. The molecule has 0 aromatic heterocycles. The first-order chi connectivity index (χ1) is 7.24. The largest absolute Gasteiger partial charge is 0.493 e. The van der Waals surface area contributed by atoms with Crippen molar-refractivity contribution in [1.29, 1.82) is 0 Å². The predicted molar refractivity (Wildman–Crippen MR) is 54.0 cm³/mol. The van der Waals surface area contributed by atoms with E-state index in [2.05, 4.69) is 10.3 Å². The van der Waals surface area contributed by atoms with Crippen LogP contribution in [0, 0.1) is 0 Å². The van der Waals surface area contributed by atoms with E-state index < -0.39 is 0 Å². The molecule has 1 amide bonds. The maximum atomic E-state index is 11.5. The van der Waals surface area contributed by atoms with Gasteiger partial charge in [0.25, 0.3) is 5.91 Å². The number of nitrogens with one attached hydrogen (secondary N) is 1. The topological polar surface area (TPSA) is 56.8 Å². The Morgan fingerprint density at radius 3 is 2.47 bits per heavy atom. The van der Waals surface area contributed by atoms with E-state index in [0.717, 1.165) is 0 Å². The predicted octanol–water partition coefficient (Wildman–Crippen LogP) is 0.995. The Balaban J connectivity index is 3.11. The maximum absolute atomic E-state index is 11.5. The van der Waals surface area contributed by atoms with E-state index in [4.69, 9.17) is 9.47 Å². The van der Waals surface area contributed by atoms with Gasteiger partial charge in [-0.1, -0.05) is 6.07 Å². The molecule has 0 unspecified atom stereocenters. The van der Waals surface area contributed by atoms with Gasteiger partial charge in [-0.05, 0) is 12.1 Å². The van der Waals surface area contributed by atoms with E-state index in [1.54, 1.807) is 18.2 Å². The molecule has 1 aromatic carbocycles. The van der Waals surface area contributed by atoms with Crippen LogP contribution in [0.25, 0.3) is 0 Å². The third-order valence-corrected chi connectivity index (χ3v) is 1.84. The molecule has 0 aliphatic heterocycles. The molecule has 82 valence electrons. The molecule has 5 nitrogen and oxygen atoms in total. The molecule has 0 atom stereocenters. The fourth-order valence-corrected chi connectivity index (χ4v) is 1.21. The van der Waals surface area contributed by atoms with Crippen molar-refractivity contribution in [3.63, 3.8) is 0 Å². The number of carbonyl (C=O) groups excluding carboxylic acids is 1. The zero-order valence-electron chi connectivity index (χ0n) is 8.87. The van der Waals surface area contributed by atoms with Gasteiger partial charge in [-0.2, -0.15) is 0 Å². The summed E-state index contributed by atoms with van der Waals surface area (Å²) in [6.45, 7) is 0. The van der Waals surface area contributed by atoms with Gasteiger partial charge in [-0.3, -0.25) is 9.63 Å². The maximum Gasteiger partial charge on any atom is 0.278 e. The Morgan fingerprint density at radius 1 is 1.20 bits per heavy atom. The van der Waals surface area contributed by atoms with E-state index in [0.29, 0.717) is 17.1 Å². The highest BCUT2D eigenvalue weighted by Crippen LogP contribution is 2.30. The van der Waals surface area contributed by atoms with Crippen molar-refractivity contribution in [2.75, 3.05) is 21.3 Å². The van der Waals surface area contributed by atoms with Crippen LogP contribution < -0.4 is 15.0 Å². The number of hydroxylamine groups is 1. The van der Waals surface area contributed by atoms with Gasteiger partial charge in [0.1, 0.15) is 0 Å². The standard InChI is InChI=1S/C10H13NO4/c1-13-8-6-4-5-7(9(8)14-2)10(12)11-15-3/h4-6H,1-3H3,(H,11,12). The average molecular weight is 211 g/mol. The summed E-state index contributed by atoms with van der Waals surface area (Å²) in [5, 5.41) is 0. The van der Waals surface area contributed by atoms with E-state index in [9.17, 15) is 4.79 Å². The number of benzene rings is 1. The van der Waals surface area contributed by atoms with Gasteiger partial charge >= 0.3 is 0 Å². The van der Waals surface area contributed by atoms with Crippen molar-refractivity contribution < 1.29 is 19.1 Å². The Kier molecular flexibility index (Phi) is 3.93. The van der Waals surface area contributed by atoms with Crippen LogP contribution in [-0.4, -0.2) is 27.2 Å². The van der Waals surface area contributed by atoms with Crippen molar-refractivity contribution in [2.45, 2.75) is 0 Å². The molecule has 1 rings (SSSR count). The third-order valence-electron chi connectivity index (χ3n) is 1.84. The Labute approximate surface area is 87.9 Å². The lowest BCUT2D eigenvalue weighted by molar-refractivity contribution is 0.0534. The Morgan fingerprint density at radius 2 is 1.93 bits per heavy atom. The lowest BCUT2D eigenvalue weighted by atomic mass is 10.2. The SMILES string of the molecule is CONC(=O)c1cccc(OC)c1OC. The summed E-state index contributed by atoms with van der Waals surface area (Å²) in [5.41, 5.74) is 2.57. The molecule has 0 fully saturated rings. The first-order valence-electron chi connectivity index (χ1n) is 4.29. The van der Waals surface area contributed by atoms with Crippen LogP contribution in [0.4, 0.5) is 0 Å². The van der Waals surface area contributed by atoms with Crippen LogP contribution >= 0.6 is 0 Å². The summed E-state index contributed by atoms with van der Waals surface area (Å²) in [6, 6.07) is 5.03. The molecule has 0 aliphatic carbocycles. The second-order valence-corrected chi connectivity index (χ2v) is 2.68. The fourth-order valence-electron chi connectivity index (χ4n) is 1.21. The van der Waals surface area contributed by atoms with Crippen molar-refractivity contribution in [3.8, 4) is 11.5 Å². The molecule has 0 aliphatic rings. The number of para-hydroxylation sites is 1. The zero-order valence-corrected chi connectivity index (χ0v) is 8.87. The molecular formula is C10H13NO4. The first kappa shape index (κ1) is 11.3. The van der Waals surface area contributed by atoms with Gasteiger partial charge in [-0.25, -0.2) is 5.48 Å². The van der Waals surface area contributed by atoms with Crippen LogP contribution in [-0.2, 0) is 4.84 Å². The summed E-state index contributed by atoms with van der Waals surface area (Å²) < 4.78 is 10.2. The van der Waals surface area contributed by atoms with Crippen LogP contribution in [0.3, 0.4) is 0 Å². The Hall–Kier alpha value is -1.75. The van der Waals surface area contributed by atoms with E-state index in [-0.39, 0.29) is 5.91 Å². The lowest BCUT2D eigenvalue weighted by Gasteiger charge is -2.11. The smallest absolute Gasteiger partial charge is 0.278 e. The number of amides is 1. The molecule has 0 saturated heterocycles. The number of rotatable bonds is 4. The molecule has 0 saturated carbocycles. The highest BCUT2D eigenvalue weighted by Gasteiger charge is 2.15. The van der Waals surface area contributed by atoms with E-state index in [1.807, 2.05) is 0 Å². The highest BCUT2D eigenvalue weighted by atomic mass is 16.6. The second-order valence-electron chi connectivity index (χ2n) is 2.68. The number of hydrogen-bond acceptors (Lipinski definition) is 4. The molecule has 1 aromatic rings. The lowest BCUT2D eigenvalue weighted by Crippen LogP contribution is -2.22. The van der Waals surface area contributed by atoms with Crippen molar-refractivity contribution in [2.24, 2.45) is 0 Å². The number of hydrogen-bond donors (Lipinski definition) is 1.